The zero-order valence-electron chi connectivity index (χ0n) is 9.54. The highest BCUT2D eigenvalue weighted by Crippen LogP contribution is 2.22. The SMILES string of the molecule is NC(=O)C1CC(c2ccnc3ccccc23)=NO1. The first kappa shape index (κ1) is 10.7. The fourth-order valence-electron chi connectivity index (χ4n) is 2.04. The predicted molar refractivity (Wildman–Crippen MR) is 67.0 cm³/mol. The van der Waals surface area contributed by atoms with E-state index in [1.165, 1.54) is 0 Å². The largest absolute Gasteiger partial charge is 0.382 e. The summed E-state index contributed by atoms with van der Waals surface area (Å²) in [5.74, 6) is -0.493. The molecule has 0 bridgehead atoms. The topological polar surface area (TPSA) is 77.6 Å². The number of carbonyl (C=O) groups is 1. The number of carbonyl (C=O) groups excluding carboxylic acids is 1. The van der Waals surface area contributed by atoms with Crippen molar-refractivity contribution in [3.05, 3.63) is 42.1 Å². The monoisotopic (exact) mass is 241 g/mol. The number of amides is 1. The van der Waals surface area contributed by atoms with E-state index in [4.69, 9.17) is 10.6 Å². The standard InChI is InChI=1S/C13H11N3O2/c14-13(17)12-7-11(16-18-12)9-5-6-15-10-4-2-1-3-8(9)10/h1-6,12H,7H2,(H2,14,17). The molecule has 2 N–H and O–H groups in total. The Morgan fingerprint density at radius 1 is 1.33 bits per heavy atom. The highest BCUT2D eigenvalue weighted by atomic mass is 16.6. The lowest BCUT2D eigenvalue weighted by atomic mass is 10.0. The maximum atomic E-state index is 11.1. The number of fused-ring (bicyclic) bond motifs is 1. The molecule has 1 atom stereocenters. The fourth-order valence-corrected chi connectivity index (χ4v) is 2.04. The van der Waals surface area contributed by atoms with Crippen molar-refractivity contribution in [1.29, 1.82) is 0 Å². The number of oxime groups is 1. The van der Waals surface area contributed by atoms with Gasteiger partial charge in [0.2, 0.25) is 6.10 Å². The van der Waals surface area contributed by atoms with Crippen LogP contribution in [0.1, 0.15) is 12.0 Å². The van der Waals surface area contributed by atoms with Crippen molar-refractivity contribution in [2.24, 2.45) is 10.9 Å². The maximum Gasteiger partial charge on any atom is 0.261 e. The molecule has 1 aliphatic heterocycles. The van der Waals surface area contributed by atoms with Gasteiger partial charge in [0.25, 0.3) is 5.91 Å². The Kier molecular flexibility index (Phi) is 2.44. The third-order valence-corrected chi connectivity index (χ3v) is 2.95. The second-order valence-corrected chi connectivity index (χ2v) is 4.11. The molecule has 0 saturated heterocycles. The van der Waals surface area contributed by atoms with Gasteiger partial charge >= 0.3 is 0 Å². The van der Waals surface area contributed by atoms with Gasteiger partial charge in [-0.25, -0.2) is 0 Å². The minimum atomic E-state index is -0.660. The molecule has 0 fully saturated rings. The Bertz CT molecular complexity index is 646. The first-order valence-electron chi connectivity index (χ1n) is 5.62. The van der Waals surface area contributed by atoms with Gasteiger partial charge in [0.05, 0.1) is 11.2 Å². The molecule has 1 aliphatic rings. The average Bonchev–Trinajstić information content (AvgIpc) is 2.87. The summed E-state index contributed by atoms with van der Waals surface area (Å²) in [6, 6.07) is 9.64. The Labute approximate surface area is 103 Å². The molecule has 5 nitrogen and oxygen atoms in total. The first-order chi connectivity index (χ1) is 8.75. The third-order valence-electron chi connectivity index (χ3n) is 2.95. The van der Waals surface area contributed by atoms with Crippen LogP contribution in [0.5, 0.6) is 0 Å². The number of rotatable bonds is 2. The molecule has 0 spiro atoms. The van der Waals surface area contributed by atoms with Crippen LogP contribution in [0.15, 0.2) is 41.7 Å². The van der Waals surface area contributed by atoms with E-state index >= 15 is 0 Å². The van der Waals surface area contributed by atoms with E-state index < -0.39 is 12.0 Å². The minimum absolute atomic E-state index is 0.406. The van der Waals surface area contributed by atoms with Crippen molar-refractivity contribution in [2.75, 3.05) is 0 Å². The Morgan fingerprint density at radius 3 is 2.94 bits per heavy atom. The molecule has 1 amide bonds. The second-order valence-electron chi connectivity index (χ2n) is 4.11. The lowest BCUT2D eigenvalue weighted by Gasteiger charge is -2.04. The first-order valence-corrected chi connectivity index (χ1v) is 5.62. The molecular weight excluding hydrogens is 230 g/mol. The van der Waals surface area contributed by atoms with Gasteiger partial charge in [0.1, 0.15) is 0 Å². The van der Waals surface area contributed by atoms with Crippen LogP contribution >= 0.6 is 0 Å². The van der Waals surface area contributed by atoms with Gasteiger partial charge < -0.3 is 10.6 Å². The smallest absolute Gasteiger partial charge is 0.261 e. The van der Waals surface area contributed by atoms with Crippen LogP contribution in [0, 0.1) is 0 Å². The molecule has 5 heteroatoms. The summed E-state index contributed by atoms with van der Waals surface area (Å²) in [6.07, 6.45) is 1.47. The molecule has 2 aromatic rings. The summed E-state index contributed by atoms with van der Waals surface area (Å²) in [6.45, 7) is 0. The van der Waals surface area contributed by atoms with Crippen LogP contribution in [0.4, 0.5) is 0 Å². The van der Waals surface area contributed by atoms with Gasteiger partial charge in [-0.05, 0) is 12.1 Å². The Morgan fingerprint density at radius 2 is 2.17 bits per heavy atom. The van der Waals surface area contributed by atoms with Crippen molar-refractivity contribution < 1.29 is 9.63 Å². The zero-order valence-corrected chi connectivity index (χ0v) is 9.54. The van der Waals surface area contributed by atoms with Crippen LogP contribution in [-0.4, -0.2) is 22.7 Å². The summed E-state index contributed by atoms with van der Waals surface area (Å²) in [5.41, 5.74) is 7.76. The molecule has 18 heavy (non-hydrogen) atoms. The van der Waals surface area contributed by atoms with Gasteiger partial charge in [0.15, 0.2) is 0 Å². The van der Waals surface area contributed by atoms with Crippen molar-refractivity contribution in [3.8, 4) is 0 Å². The van der Waals surface area contributed by atoms with Crippen molar-refractivity contribution in [3.63, 3.8) is 0 Å². The average molecular weight is 241 g/mol. The summed E-state index contributed by atoms with van der Waals surface area (Å²) < 4.78 is 0. The van der Waals surface area contributed by atoms with E-state index in [0.29, 0.717) is 6.42 Å². The zero-order chi connectivity index (χ0) is 12.5. The quantitative estimate of drug-likeness (QED) is 0.858. The van der Waals surface area contributed by atoms with E-state index in [-0.39, 0.29) is 0 Å². The van der Waals surface area contributed by atoms with Gasteiger partial charge in [0, 0.05) is 23.6 Å². The molecule has 1 aromatic carbocycles. The molecule has 0 saturated carbocycles. The van der Waals surface area contributed by atoms with Gasteiger partial charge in [-0.15, -0.1) is 0 Å². The molecule has 3 rings (SSSR count). The van der Waals surface area contributed by atoms with Gasteiger partial charge in [-0.1, -0.05) is 23.4 Å². The highest BCUT2D eigenvalue weighted by Gasteiger charge is 2.27. The van der Waals surface area contributed by atoms with Gasteiger partial charge in [-0.3, -0.25) is 9.78 Å². The molecule has 0 radical (unpaired) electrons. The molecule has 1 aromatic heterocycles. The normalized spacial score (nSPS) is 18.4. The highest BCUT2D eigenvalue weighted by molar-refractivity contribution is 6.11. The number of hydrogen-bond acceptors (Lipinski definition) is 4. The lowest BCUT2D eigenvalue weighted by Crippen LogP contribution is -2.28. The third kappa shape index (κ3) is 1.69. The van der Waals surface area contributed by atoms with Crippen LogP contribution in [0.3, 0.4) is 0 Å². The van der Waals surface area contributed by atoms with E-state index in [1.54, 1.807) is 6.20 Å². The molecule has 0 aliphatic carbocycles. The summed E-state index contributed by atoms with van der Waals surface area (Å²) in [7, 11) is 0. The van der Waals surface area contributed by atoms with Crippen LogP contribution in [-0.2, 0) is 9.63 Å². The number of primary amides is 1. The fraction of sp³-hybridized carbons (Fsp3) is 0.154. The molecule has 90 valence electrons. The van der Waals surface area contributed by atoms with Crippen molar-refractivity contribution in [2.45, 2.75) is 12.5 Å². The second kappa shape index (κ2) is 4.10. The van der Waals surface area contributed by atoms with E-state index in [0.717, 1.165) is 22.2 Å². The Hall–Kier alpha value is -2.43. The summed E-state index contributed by atoms with van der Waals surface area (Å²) >= 11 is 0. The number of para-hydroxylation sites is 1. The number of pyridine rings is 1. The minimum Gasteiger partial charge on any atom is -0.382 e. The number of nitrogens with two attached hydrogens (primary N) is 1. The lowest BCUT2D eigenvalue weighted by molar-refractivity contribution is -0.127. The molecule has 1 unspecified atom stereocenters. The van der Waals surface area contributed by atoms with Crippen LogP contribution < -0.4 is 5.73 Å². The number of benzene rings is 1. The van der Waals surface area contributed by atoms with Crippen molar-refractivity contribution in [1.82, 2.24) is 4.98 Å². The number of nitrogens with zero attached hydrogens (tertiary/aromatic N) is 2. The Balaban J connectivity index is 2.03. The van der Waals surface area contributed by atoms with E-state index in [9.17, 15) is 4.79 Å². The van der Waals surface area contributed by atoms with E-state index in [1.807, 2.05) is 30.3 Å². The summed E-state index contributed by atoms with van der Waals surface area (Å²) in [5, 5.41) is 4.94. The molecular formula is C13H11N3O2. The number of hydrogen-bond donors (Lipinski definition) is 1. The van der Waals surface area contributed by atoms with Gasteiger partial charge in [-0.2, -0.15) is 0 Å². The van der Waals surface area contributed by atoms with Crippen LogP contribution in [0.2, 0.25) is 0 Å². The predicted octanol–water partition coefficient (Wildman–Crippen LogP) is 1.21. The number of aromatic nitrogens is 1. The molecule has 2 heterocycles. The van der Waals surface area contributed by atoms with Crippen molar-refractivity contribution >= 4 is 22.5 Å². The maximum absolute atomic E-state index is 11.1. The summed E-state index contributed by atoms with van der Waals surface area (Å²) in [4.78, 5) is 20.4. The van der Waals surface area contributed by atoms with E-state index in [2.05, 4.69) is 10.1 Å². The van der Waals surface area contributed by atoms with Crippen LogP contribution in [0.25, 0.3) is 10.9 Å².